The van der Waals surface area contributed by atoms with Crippen LogP contribution in [0.2, 0.25) is 0 Å². The number of aryl methyl sites for hydroxylation is 1. The molecule has 32 heavy (non-hydrogen) atoms. The first kappa shape index (κ1) is 21.9. The summed E-state index contributed by atoms with van der Waals surface area (Å²) in [6.07, 6.45) is 2.20. The molecule has 7 nitrogen and oxygen atoms in total. The maximum atomic E-state index is 12.5. The summed E-state index contributed by atoms with van der Waals surface area (Å²) < 4.78 is 11.2. The smallest absolute Gasteiger partial charge is 0.243 e. The summed E-state index contributed by atoms with van der Waals surface area (Å²) >= 11 is 0. The molecule has 0 unspecified atom stereocenters. The van der Waals surface area contributed by atoms with Crippen LogP contribution in [0.25, 0.3) is 0 Å². The molecular formula is C25H29N3O4. The average Bonchev–Trinajstić information content (AvgIpc) is 2.83. The summed E-state index contributed by atoms with van der Waals surface area (Å²) in [5, 5.41) is 8.96. The van der Waals surface area contributed by atoms with E-state index in [0.717, 1.165) is 29.0 Å². The highest BCUT2D eigenvalue weighted by atomic mass is 16.6. The number of rotatable bonds is 7. The van der Waals surface area contributed by atoms with Gasteiger partial charge in [-0.15, -0.1) is 0 Å². The SMILES string of the molecule is CCc1ccc(C2=NN(CCC(=O)N[C@@H](C)c3ccc4c(c3)OCCO4)C(=O)CC2)cc1. The average molecular weight is 436 g/mol. The molecule has 2 aliphatic heterocycles. The largest absolute Gasteiger partial charge is 0.486 e. The van der Waals surface area contributed by atoms with E-state index in [4.69, 9.17) is 9.47 Å². The molecular weight excluding hydrogens is 406 g/mol. The van der Waals surface area contributed by atoms with E-state index in [1.54, 1.807) is 0 Å². The van der Waals surface area contributed by atoms with Crippen LogP contribution in [0.15, 0.2) is 47.6 Å². The number of ether oxygens (including phenoxy) is 2. The molecule has 7 heteroatoms. The fraction of sp³-hybridized carbons (Fsp3) is 0.400. The van der Waals surface area contributed by atoms with Gasteiger partial charge in [-0.3, -0.25) is 9.59 Å². The number of hydrogen-bond acceptors (Lipinski definition) is 5. The molecule has 2 heterocycles. The Morgan fingerprint density at radius 2 is 1.84 bits per heavy atom. The van der Waals surface area contributed by atoms with Crippen molar-refractivity contribution in [1.82, 2.24) is 10.3 Å². The van der Waals surface area contributed by atoms with Crippen LogP contribution in [-0.4, -0.2) is 42.3 Å². The van der Waals surface area contributed by atoms with Gasteiger partial charge in [0.05, 0.1) is 18.3 Å². The quantitative estimate of drug-likeness (QED) is 0.720. The first-order valence-electron chi connectivity index (χ1n) is 11.2. The molecule has 0 fully saturated rings. The predicted molar refractivity (Wildman–Crippen MR) is 122 cm³/mol. The van der Waals surface area contributed by atoms with Crippen molar-refractivity contribution >= 4 is 17.5 Å². The Morgan fingerprint density at radius 1 is 1.09 bits per heavy atom. The number of nitrogens with zero attached hydrogens (tertiary/aromatic N) is 2. The van der Waals surface area contributed by atoms with Crippen LogP contribution in [0, 0.1) is 0 Å². The zero-order valence-corrected chi connectivity index (χ0v) is 18.6. The second-order valence-corrected chi connectivity index (χ2v) is 8.06. The molecule has 0 spiro atoms. The monoisotopic (exact) mass is 435 g/mol. The number of fused-ring (bicyclic) bond motifs is 1. The van der Waals surface area contributed by atoms with E-state index in [9.17, 15) is 9.59 Å². The van der Waals surface area contributed by atoms with Crippen molar-refractivity contribution in [2.24, 2.45) is 5.10 Å². The Kier molecular flexibility index (Phi) is 6.73. The van der Waals surface area contributed by atoms with Gasteiger partial charge in [-0.2, -0.15) is 5.10 Å². The van der Waals surface area contributed by atoms with Gasteiger partial charge in [0, 0.05) is 19.3 Å². The van der Waals surface area contributed by atoms with E-state index in [0.29, 0.717) is 31.8 Å². The minimum absolute atomic E-state index is 0.0494. The lowest BCUT2D eigenvalue weighted by molar-refractivity contribution is -0.132. The fourth-order valence-corrected chi connectivity index (χ4v) is 3.85. The van der Waals surface area contributed by atoms with Gasteiger partial charge in [-0.25, -0.2) is 5.01 Å². The van der Waals surface area contributed by atoms with Crippen molar-refractivity contribution in [3.05, 3.63) is 59.2 Å². The molecule has 2 amide bonds. The van der Waals surface area contributed by atoms with Crippen LogP contribution in [0.3, 0.4) is 0 Å². The Balaban J connectivity index is 1.34. The van der Waals surface area contributed by atoms with E-state index in [1.807, 2.05) is 37.3 Å². The third-order valence-electron chi connectivity index (χ3n) is 5.79. The molecule has 168 valence electrons. The molecule has 0 aliphatic carbocycles. The minimum atomic E-state index is -0.188. The molecule has 0 saturated heterocycles. The van der Waals surface area contributed by atoms with Crippen molar-refractivity contribution in [1.29, 1.82) is 0 Å². The predicted octanol–water partition coefficient (Wildman–Crippen LogP) is 3.61. The maximum Gasteiger partial charge on any atom is 0.243 e. The summed E-state index contributed by atoms with van der Waals surface area (Å²) in [5.41, 5.74) is 4.11. The molecule has 1 atom stereocenters. The summed E-state index contributed by atoms with van der Waals surface area (Å²) in [6.45, 7) is 5.36. The number of carbonyl (C=O) groups excluding carboxylic acids is 2. The zero-order chi connectivity index (χ0) is 22.5. The second-order valence-electron chi connectivity index (χ2n) is 8.06. The summed E-state index contributed by atoms with van der Waals surface area (Å²) in [7, 11) is 0. The van der Waals surface area contributed by atoms with Gasteiger partial charge >= 0.3 is 0 Å². The van der Waals surface area contributed by atoms with E-state index < -0.39 is 0 Å². The van der Waals surface area contributed by atoms with Gasteiger partial charge in [0.15, 0.2) is 11.5 Å². The topological polar surface area (TPSA) is 80.2 Å². The van der Waals surface area contributed by atoms with Gasteiger partial charge < -0.3 is 14.8 Å². The normalized spacial score (nSPS) is 16.4. The van der Waals surface area contributed by atoms with Crippen molar-refractivity contribution in [3.63, 3.8) is 0 Å². The van der Waals surface area contributed by atoms with Gasteiger partial charge in [-0.05, 0) is 42.2 Å². The van der Waals surface area contributed by atoms with Gasteiger partial charge in [0.2, 0.25) is 11.8 Å². The minimum Gasteiger partial charge on any atom is -0.486 e. The first-order chi connectivity index (χ1) is 15.5. The van der Waals surface area contributed by atoms with E-state index in [-0.39, 0.29) is 30.8 Å². The van der Waals surface area contributed by atoms with Gasteiger partial charge in [0.25, 0.3) is 0 Å². The molecule has 0 aromatic heterocycles. The van der Waals surface area contributed by atoms with Crippen LogP contribution >= 0.6 is 0 Å². The van der Waals surface area contributed by atoms with Crippen LogP contribution in [0.1, 0.15) is 55.8 Å². The van der Waals surface area contributed by atoms with E-state index in [2.05, 4.69) is 29.5 Å². The van der Waals surface area contributed by atoms with E-state index in [1.165, 1.54) is 10.6 Å². The van der Waals surface area contributed by atoms with Crippen molar-refractivity contribution in [3.8, 4) is 11.5 Å². The summed E-state index contributed by atoms with van der Waals surface area (Å²) in [5.74, 6) is 1.24. The lowest BCUT2D eigenvalue weighted by atomic mass is 10.0. The highest BCUT2D eigenvalue weighted by molar-refractivity contribution is 6.04. The number of carbonyl (C=O) groups is 2. The Bertz CT molecular complexity index is 1020. The third-order valence-corrected chi connectivity index (χ3v) is 5.79. The second kappa shape index (κ2) is 9.85. The standard InChI is InChI=1S/C25H29N3O4/c1-3-18-4-6-19(7-5-18)21-9-11-25(30)28(27-21)13-12-24(29)26-17(2)20-8-10-22-23(16-20)32-15-14-31-22/h4-8,10,16-17H,3,9,11-15H2,1-2H3,(H,26,29)/t17-/m0/s1. The lowest BCUT2D eigenvalue weighted by Crippen LogP contribution is -2.36. The molecule has 0 saturated carbocycles. The molecule has 2 aromatic carbocycles. The molecule has 1 N–H and O–H groups in total. The molecule has 0 bridgehead atoms. The number of amides is 2. The number of nitrogens with one attached hydrogen (secondary N) is 1. The van der Waals surface area contributed by atoms with Crippen molar-refractivity contribution in [2.45, 2.75) is 45.6 Å². The van der Waals surface area contributed by atoms with Gasteiger partial charge in [0.1, 0.15) is 13.2 Å². The zero-order valence-electron chi connectivity index (χ0n) is 18.6. The van der Waals surface area contributed by atoms with Crippen molar-refractivity contribution in [2.75, 3.05) is 19.8 Å². The molecule has 0 radical (unpaired) electrons. The first-order valence-corrected chi connectivity index (χ1v) is 11.2. The Morgan fingerprint density at radius 3 is 2.59 bits per heavy atom. The number of hydrazone groups is 1. The van der Waals surface area contributed by atoms with Crippen LogP contribution in [-0.2, 0) is 16.0 Å². The Hall–Kier alpha value is -3.35. The van der Waals surface area contributed by atoms with Crippen molar-refractivity contribution < 1.29 is 19.1 Å². The fourth-order valence-electron chi connectivity index (χ4n) is 3.85. The van der Waals surface area contributed by atoms with Gasteiger partial charge in [-0.1, -0.05) is 37.3 Å². The third kappa shape index (κ3) is 5.10. The maximum absolute atomic E-state index is 12.5. The number of benzene rings is 2. The van der Waals surface area contributed by atoms with Crippen LogP contribution in [0.5, 0.6) is 11.5 Å². The highest BCUT2D eigenvalue weighted by Crippen LogP contribution is 2.32. The van der Waals surface area contributed by atoms with Crippen LogP contribution in [0.4, 0.5) is 0 Å². The Labute approximate surface area is 188 Å². The summed E-state index contributed by atoms with van der Waals surface area (Å²) in [4.78, 5) is 24.9. The lowest BCUT2D eigenvalue weighted by Gasteiger charge is -2.24. The molecule has 2 aromatic rings. The highest BCUT2D eigenvalue weighted by Gasteiger charge is 2.22. The van der Waals surface area contributed by atoms with Crippen LogP contribution < -0.4 is 14.8 Å². The van der Waals surface area contributed by atoms with E-state index >= 15 is 0 Å². The molecule has 4 rings (SSSR count). The molecule has 2 aliphatic rings. The number of hydrogen-bond donors (Lipinski definition) is 1. The summed E-state index contributed by atoms with van der Waals surface area (Å²) in [6, 6.07) is 13.8.